The summed E-state index contributed by atoms with van der Waals surface area (Å²) in [4.78, 5) is 32.2. The number of rotatable bonds is 9. The summed E-state index contributed by atoms with van der Waals surface area (Å²) in [6.07, 6.45) is 0. The van der Waals surface area contributed by atoms with Crippen LogP contribution in [0.5, 0.6) is 5.75 Å². The van der Waals surface area contributed by atoms with Crippen molar-refractivity contribution >= 4 is 23.0 Å². The maximum atomic E-state index is 11.7. The van der Waals surface area contributed by atoms with Crippen molar-refractivity contribution in [2.75, 3.05) is 25.0 Å². The highest BCUT2D eigenvalue weighted by Gasteiger charge is 2.11. The molecule has 2 aromatic rings. The first-order valence-corrected chi connectivity index (χ1v) is 7.58. The molecule has 10 heteroatoms. The smallest absolute Gasteiger partial charge is 0.292 e. The molecule has 0 bridgehead atoms. The first-order chi connectivity index (χ1) is 12.5. The lowest BCUT2D eigenvalue weighted by Crippen LogP contribution is -2.32. The van der Waals surface area contributed by atoms with Crippen LogP contribution in [0.1, 0.15) is 0 Å². The second-order valence-electron chi connectivity index (χ2n) is 5.09. The number of carbonyl (C=O) groups excluding carboxylic acids is 1. The second kappa shape index (κ2) is 8.97. The van der Waals surface area contributed by atoms with Gasteiger partial charge in [0.1, 0.15) is 11.4 Å². The zero-order chi connectivity index (χ0) is 18.9. The molecule has 10 nitrogen and oxygen atoms in total. The van der Waals surface area contributed by atoms with E-state index in [9.17, 15) is 25.0 Å². The Morgan fingerprint density at radius 2 is 1.77 bits per heavy atom. The Kier molecular flexibility index (Phi) is 6.43. The van der Waals surface area contributed by atoms with Crippen molar-refractivity contribution in [1.29, 1.82) is 0 Å². The van der Waals surface area contributed by atoms with E-state index < -0.39 is 15.8 Å². The topological polar surface area (TPSA) is 137 Å². The third-order valence-corrected chi connectivity index (χ3v) is 3.26. The Morgan fingerprint density at radius 3 is 2.50 bits per heavy atom. The summed E-state index contributed by atoms with van der Waals surface area (Å²) >= 11 is 0. The van der Waals surface area contributed by atoms with E-state index in [0.29, 0.717) is 5.69 Å². The highest BCUT2D eigenvalue weighted by molar-refractivity contribution is 5.77. The van der Waals surface area contributed by atoms with Crippen LogP contribution in [-0.4, -0.2) is 35.5 Å². The van der Waals surface area contributed by atoms with Crippen molar-refractivity contribution in [2.45, 2.75) is 0 Å². The van der Waals surface area contributed by atoms with E-state index in [1.54, 1.807) is 18.2 Å². The molecule has 0 fully saturated rings. The number of ether oxygens (including phenoxy) is 1. The largest absolute Gasteiger partial charge is 0.484 e. The molecule has 0 unspecified atom stereocenters. The Morgan fingerprint density at radius 1 is 1.00 bits per heavy atom. The molecule has 2 aromatic carbocycles. The summed E-state index contributed by atoms with van der Waals surface area (Å²) in [7, 11) is 0. The van der Waals surface area contributed by atoms with Crippen molar-refractivity contribution in [1.82, 2.24) is 5.32 Å². The number of amides is 1. The standard InChI is InChI=1S/C16H16N4O6/c21-16(11-26-13-5-3-4-12(10-13)19(22)23)18-9-8-17-14-6-1-2-7-15(14)20(24)25/h1-7,10,17H,8-9,11H2,(H,18,21). The normalized spacial score (nSPS) is 10.0. The predicted octanol–water partition coefficient (Wildman–Crippen LogP) is 2.11. The minimum absolute atomic E-state index is 0.0483. The number of nitrogens with zero attached hydrogens (tertiary/aromatic N) is 2. The Labute approximate surface area is 148 Å². The lowest BCUT2D eigenvalue weighted by Gasteiger charge is -2.09. The first-order valence-electron chi connectivity index (χ1n) is 7.58. The van der Waals surface area contributed by atoms with Crippen LogP contribution in [0.4, 0.5) is 17.1 Å². The van der Waals surface area contributed by atoms with Crippen LogP contribution in [-0.2, 0) is 4.79 Å². The lowest BCUT2D eigenvalue weighted by atomic mass is 10.2. The fourth-order valence-electron chi connectivity index (χ4n) is 2.07. The average molecular weight is 360 g/mol. The average Bonchev–Trinajstić information content (AvgIpc) is 2.64. The predicted molar refractivity (Wildman–Crippen MR) is 93.2 cm³/mol. The van der Waals surface area contributed by atoms with E-state index in [1.807, 2.05) is 0 Å². The number of carbonyl (C=O) groups is 1. The van der Waals surface area contributed by atoms with E-state index in [2.05, 4.69) is 10.6 Å². The van der Waals surface area contributed by atoms with Crippen molar-refractivity contribution in [3.63, 3.8) is 0 Å². The zero-order valence-corrected chi connectivity index (χ0v) is 13.6. The van der Waals surface area contributed by atoms with E-state index in [4.69, 9.17) is 4.74 Å². The summed E-state index contributed by atoms with van der Waals surface area (Å²) in [5, 5.41) is 27.0. The minimum atomic E-state index is -0.554. The first kappa shape index (κ1) is 18.6. The molecule has 0 aliphatic carbocycles. The van der Waals surface area contributed by atoms with Crippen molar-refractivity contribution in [3.05, 3.63) is 68.8 Å². The number of non-ortho nitro benzene ring substituents is 1. The molecule has 26 heavy (non-hydrogen) atoms. The molecule has 0 spiro atoms. The highest BCUT2D eigenvalue weighted by atomic mass is 16.6. The van der Waals surface area contributed by atoms with Gasteiger partial charge in [0, 0.05) is 25.2 Å². The molecule has 2 N–H and O–H groups in total. The molecule has 0 saturated heterocycles. The van der Waals surface area contributed by atoms with Gasteiger partial charge in [0.05, 0.1) is 15.9 Å². The molecule has 0 heterocycles. The van der Waals surface area contributed by atoms with Crippen LogP contribution >= 0.6 is 0 Å². The summed E-state index contributed by atoms with van der Waals surface area (Å²) in [5.41, 5.74) is 0.184. The van der Waals surface area contributed by atoms with Crippen molar-refractivity contribution < 1.29 is 19.4 Å². The number of benzene rings is 2. The highest BCUT2D eigenvalue weighted by Crippen LogP contribution is 2.22. The number of anilines is 1. The van der Waals surface area contributed by atoms with E-state index in [1.165, 1.54) is 30.3 Å². The molecule has 0 atom stereocenters. The molecule has 0 radical (unpaired) electrons. The Bertz CT molecular complexity index is 811. The van der Waals surface area contributed by atoms with Crippen LogP contribution in [0.3, 0.4) is 0 Å². The number of nitro groups is 2. The summed E-state index contributed by atoms with van der Waals surface area (Å²) in [5.74, 6) is -0.201. The van der Waals surface area contributed by atoms with Crippen LogP contribution in [0.15, 0.2) is 48.5 Å². The molecule has 0 aliphatic heterocycles. The monoisotopic (exact) mass is 360 g/mol. The minimum Gasteiger partial charge on any atom is -0.484 e. The summed E-state index contributed by atoms with van der Waals surface area (Å²) in [6.45, 7) is 0.212. The van der Waals surface area contributed by atoms with Gasteiger partial charge in [-0.1, -0.05) is 18.2 Å². The van der Waals surface area contributed by atoms with Gasteiger partial charge < -0.3 is 15.4 Å². The number of para-hydroxylation sites is 2. The third kappa shape index (κ3) is 5.44. The number of hydrogen-bond donors (Lipinski definition) is 2. The van der Waals surface area contributed by atoms with E-state index in [-0.39, 0.29) is 36.8 Å². The summed E-state index contributed by atoms with van der Waals surface area (Å²) < 4.78 is 5.20. The van der Waals surface area contributed by atoms with Crippen LogP contribution in [0.25, 0.3) is 0 Å². The van der Waals surface area contributed by atoms with Gasteiger partial charge in [-0.25, -0.2) is 0 Å². The van der Waals surface area contributed by atoms with Gasteiger partial charge in [-0.05, 0) is 12.1 Å². The van der Waals surface area contributed by atoms with Gasteiger partial charge in [0.15, 0.2) is 6.61 Å². The number of nitro benzene ring substituents is 2. The van der Waals surface area contributed by atoms with E-state index in [0.717, 1.165) is 0 Å². The molecular formula is C16H16N4O6. The maximum absolute atomic E-state index is 11.7. The molecule has 2 rings (SSSR count). The van der Waals surface area contributed by atoms with Crippen molar-refractivity contribution in [3.8, 4) is 5.75 Å². The quantitative estimate of drug-likeness (QED) is 0.397. The van der Waals surface area contributed by atoms with Gasteiger partial charge in [0.25, 0.3) is 17.3 Å². The van der Waals surface area contributed by atoms with Crippen LogP contribution in [0.2, 0.25) is 0 Å². The second-order valence-corrected chi connectivity index (χ2v) is 5.09. The fraction of sp³-hybridized carbons (Fsp3) is 0.188. The van der Waals surface area contributed by atoms with Gasteiger partial charge in [-0.15, -0.1) is 0 Å². The fourth-order valence-corrected chi connectivity index (χ4v) is 2.07. The Balaban J connectivity index is 1.74. The molecule has 0 aliphatic rings. The third-order valence-electron chi connectivity index (χ3n) is 3.26. The van der Waals surface area contributed by atoms with Crippen LogP contribution in [0, 0.1) is 20.2 Å². The Hall–Kier alpha value is -3.69. The van der Waals surface area contributed by atoms with Gasteiger partial charge in [-0.3, -0.25) is 25.0 Å². The van der Waals surface area contributed by atoms with Gasteiger partial charge >= 0.3 is 0 Å². The molecular weight excluding hydrogens is 344 g/mol. The van der Waals surface area contributed by atoms with Gasteiger partial charge in [0.2, 0.25) is 0 Å². The van der Waals surface area contributed by atoms with Crippen LogP contribution < -0.4 is 15.4 Å². The molecule has 0 aromatic heterocycles. The summed E-state index contributed by atoms with van der Waals surface area (Å²) in [6, 6.07) is 11.7. The molecule has 0 saturated carbocycles. The van der Waals surface area contributed by atoms with Gasteiger partial charge in [-0.2, -0.15) is 0 Å². The molecule has 1 amide bonds. The van der Waals surface area contributed by atoms with Crippen molar-refractivity contribution in [2.24, 2.45) is 0 Å². The lowest BCUT2D eigenvalue weighted by molar-refractivity contribution is -0.385. The number of hydrogen-bond acceptors (Lipinski definition) is 7. The number of nitrogens with one attached hydrogen (secondary N) is 2. The zero-order valence-electron chi connectivity index (χ0n) is 13.6. The maximum Gasteiger partial charge on any atom is 0.292 e. The van der Waals surface area contributed by atoms with E-state index >= 15 is 0 Å². The molecule has 136 valence electrons. The SMILES string of the molecule is O=C(COc1cccc([N+](=O)[O-])c1)NCCNc1ccccc1[N+](=O)[O-].